The molecule has 0 bridgehead atoms. The van der Waals surface area contributed by atoms with Crippen molar-refractivity contribution in [3.8, 4) is 22.5 Å². The number of halogens is 4. The zero-order chi connectivity index (χ0) is 24.8. The molecular formula is C21H15F4N5O2S2. The minimum absolute atomic E-state index is 0.106. The molecule has 0 aliphatic carbocycles. The van der Waals surface area contributed by atoms with E-state index in [-0.39, 0.29) is 17.0 Å². The molecule has 0 radical (unpaired) electrons. The van der Waals surface area contributed by atoms with Crippen molar-refractivity contribution in [1.29, 1.82) is 5.26 Å². The molecule has 1 N–H and O–H groups in total. The summed E-state index contributed by atoms with van der Waals surface area (Å²) in [6.07, 6.45) is -2.30. The van der Waals surface area contributed by atoms with Gasteiger partial charge in [0.2, 0.25) is 10.0 Å². The predicted molar refractivity (Wildman–Crippen MR) is 117 cm³/mol. The van der Waals surface area contributed by atoms with Crippen LogP contribution in [0.3, 0.4) is 0 Å². The Balaban J connectivity index is 1.88. The highest BCUT2D eigenvalue weighted by atomic mass is 32.2. The van der Waals surface area contributed by atoms with Gasteiger partial charge in [-0.2, -0.15) is 23.2 Å². The van der Waals surface area contributed by atoms with Crippen molar-refractivity contribution in [2.75, 3.05) is 0 Å². The van der Waals surface area contributed by atoms with Crippen LogP contribution in [-0.4, -0.2) is 35.2 Å². The quantitative estimate of drug-likeness (QED) is 0.393. The second-order valence-electron chi connectivity index (χ2n) is 7.39. The van der Waals surface area contributed by atoms with Crippen molar-refractivity contribution in [2.24, 2.45) is 0 Å². The molecule has 1 aromatic carbocycles. The molecule has 4 rings (SSSR count). The minimum Gasteiger partial charge on any atom is -0.296 e. The van der Waals surface area contributed by atoms with E-state index in [4.69, 9.17) is 0 Å². The predicted octanol–water partition coefficient (Wildman–Crippen LogP) is 4.70. The van der Waals surface area contributed by atoms with Crippen LogP contribution in [0.25, 0.3) is 27.3 Å². The van der Waals surface area contributed by atoms with Gasteiger partial charge in [0.1, 0.15) is 27.8 Å². The molecular weight excluding hydrogens is 494 g/mol. The third kappa shape index (κ3) is 4.15. The Morgan fingerprint density at radius 1 is 1.24 bits per heavy atom. The summed E-state index contributed by atoms with van der Waals surface area (Å²) >= 11 is 1.26. The summed E-state index contributed by atoms with van der Waals surface area (Å²) < 4.78 is 80.7. The van der Waals surface area contributed by atoms with Gasteiger partial charge < -0.3 is 0 Å². The molecule has 13 heteroatoms. The first-order chi connectivity index (χ1) is 15.9. The maximum atomic E-state index is 14.3. The van der Waals surface area contributed by atoms with Crippen molar-refractivity contribution in [3.05, 3.63) is 59.1 Å². The molecule has 1 atom stereocenters. The van der Waals surface area contributed by atoms with Crippen molar-refractivity contribution in [2.45, 2.75) is 31.0 Å². The van der Waals surface area contributed by atoms with Crippen LogP contribution < -0.4 is 4.72 Å². The Hall–Kier alpha value is -3.34. The van der Waals surface area contributed by atoms with Gasteiger partial charge in [-0.05, 0) is 43.7 Å². The van der Waals surface area contributed by atoms with E-state index in [0.717, 1.165) is 12.3 Å². The number of thiazole rings is 1. The number of benzene rings is 1. The zero-order valence-electron chi connectivity index (χ0n) is 17.6. The van der Waals surface area contributed by atoms with E-state index in [1.165, 1.54) is 23.5 Å². The molecule has 1 unspecified atom stereocenters. The Morgan fingerprint density at radius 3 is 2.53 bits per heavy atom. The molecule has 176 valence electrons. The van der Waals surface area contributed by atoms with Gasteiger partial charge in [0, 0.05) is 11.6 Å². The van der Waals surface area contributed by atoms with E-state index in [1.807, 2.05) is 0 Å². The lowest BCUT2D eigenvalue weighted by Gasteiger charge is -2.17. The topological polar surface area (TPSA) is 101 Å². The SMILES string of the molecule is Cc1cc2c(cc1F)c(C#N)c(-c1ccc(S(=O)(=O)NC(C)C(F)(F)F)cn1)n2-c1cncs1. The van der Waals surface area contributed by atoms with E-state index >= 15 is 0 Å². The number of fused-ring (bicyclic) bond motifs is 1. The van der Waals surface area contributed by atoms with Crippen LogP contribution in [0, 0.1) is 24.1 Å². The Morgan fingerprint density at radius 2 is 1.97 bits per heavy atom. The highest BCUT2D eigenvalue weighted by Crippen LogP contribution is 2.37. The largest absolute Gasteiger partial charge is 0.404 e. The van der Waals surface area contributed by atoms with Crippen LogP contribution >= 0.6 is 11.3 Å². The number of alkyl halides is 3. The number of nitrogens with zero attached hydrogens (tertiary/aromatic N) is 4. The number of pyridine rings is 1. The molecule has 0 aliphatic rings. The van der Waals surface area contributed by atoms with Gasteiger partial charge in [-0.15, -0.1) is 11.3 Å². The fraction of sp³-hybridized carbons (Fsp3) is 0.190. The highest BCUT2D eigenvalue weighted by Gasteiger charge is 2.39. The smallest absolute Gasteiger partial charge is 0.296 e. The van der Waals surface area contributed by atoms with Gasteiger partial charge >= 0.3 is 6.18 Å². The zero-order valence-corrected chi connectivity index (χ0v) is 19.2. The summed E-state index contributed by atoms with van der Waals surface area (Å²) in [4.78, 5) is 7.69. The van der Waals surface area contributed by atoms with Crippen LogP contribution in [0.2, 0.25) is 0 Å². The normalized spacial score (nSPS) is 13.2. The van der Waals surface area contributed by atoms with E-state index in [2.05, 4.69) is 16.0 Å². The van der Waals surface area contributed by atoms with Gasteiger partial charge in [-0.1, -0.05) is 0 Å². The molecule has 7 nitrogen and oxygen atoms in total. The monoisotopic (exact) mass is 509 g/mol. The Labute approximate surface area is 195 Å². The first kappa shape index (κ1) is 23.8. The summed E-state index contributed by atoms with van der Waals surface area (Å²) in [5.41, 5.74) is 2.99. The molecule has 4 aromatic rings. The molecule has 0 amide bonds. The fourth-order valence-corrected chi connectivity index (χ4v) is 5.18. The van der Waals surface area contributed by atoms with Gasteiger partial charge in [0.15, 0.2) is 0 Å². The maximum Gasteiger partial charge on any atom is 0.404 e. The number of hydrogen-bond donors (Lipinski definition) is 1. The van der Waals surface area contributed by atoms with Crippen LogP contribution in [0.4, 0.5) is 17.6 Å². The summed E-state index contributed by atoms with van der Waals surface area (Å²) in [5.74, 6) is -0.503. The first-order valence-electron chi connectivity index (χ1n) is 9.63. The van der Waals surface area contributed by atoms with E-state index < -0.39 is 33.0 Å². The third-order valence-corrected chi connectivity index (χ3v) is 7.39. The highest BCUT2D eigenvalue weighted by molar-refractivity contribution is 7.89. The summed E-state index contributed by atoms with van der Waals surface area (Å²) in [6.45, 7) is 2.27. The lowest BCUT2D eigenvalue weighted by Crippen LogP contribution is -2.42. The van der Waals surface area contributed by atoms with E-state index in [9.17, 15) is 31.2 Å². The van der Waals surface area contributed by atoms with Crippen LogP contribution in [0.5, 0.6) is 0 Å². The second kappa shape index (κ2) is 8.46. The summed E-state index contributed by atoms with van der Waals surface area (Å²) in [5, 5.41) is 10.8. The van der Waals surface area contributed by atoms with Gasteiger partial charge in [-0.25, -0.2) is 12.8 Å². The minimum atomic E-state index is -4.76. The lowest BCUT2D eigenvalue weighted by molar-refractivity contribution is -0.147. The molecule has 0 saturated heterocycles. The number of aromatic nitrogens is 3. The second-order valence-corrected chi connectivity index (χ2v) is 9.97. The van der Waals surface area contributed by atoms with Gasteiger partial charge in [0.05, 0.1) is 34.2 Å². The summed E-state index contributed by atoms with van der Waals surface area (Å²) in [6, 6.07) is 4.95. The Kier molecular flexibility index (Phi) is 5.92. The average molecular weight is 510 g/mol. The van der Waals surface area contributed by atoms with Crippen LogP contribution in [-0.2, 0) is 10.0 Å². The molecule has 34 heavy (non-hydrogen) atoms. The molecule has 0 fully saturated rings. The number of aryl methyl sites for hydroxylation is 1. The lowest BCUT2D eigenvalue weighted by atomic mass is 10.1. The average Bonchev–Trinajstić information content (AvgIpc) is 3.39. The number of rotatable bonds is 5. The maximum absolute atomic E-state index is 14.3. The third-order valence-electron chi connectivity index (χ3n) is 5.11. The number of sulfonamides is 1. The molecule has 3 heterocycles. The Bertz CT molecular complexity index is 1520. The number of hydrogen-bond acceptors (Lipinski definition) is 6. The van der Waals surface area contributed by atoms with Crippen LogP contribution in [0.15, 0.2) is 47.1 Å². The molecule has 3 aromatic heterocycles. The van der Waals surface area contributed by atoms with Gasteiger partial charge in [-0.3, -0.25) is 14.5 Å². The van der Waals surface area contributed by atoms with Crippen LogP contribution in [0.1, 0.15) is 18.1 Å². The van der Waals surface area contributed by atoms with Crippen molar-refractivity contribution in [3.63, 3.8) is 0 Å². The van der Waals surface area contributed by atoms with E-state index in [1.54, 1.807) is 34.0 Å². The number of nitriles is 1. The van der Waals surface area contributed by atoms with Crippen molar-refractivity contribution >= 4 is 32.3 Å². The van der Waals surface area contributed by atoms with Crippen molar-refractivity contribution < 1.29 is 26.0 Å². The number of nitrogens with one attached hydrogen (secondary N) is 1. The van der Waals surface area contributed by atoms with Gasteiger partial charge in [0.25, 0.3) is 0 Å². The standard InChI is InChI=1S/C21H15F4N5O2S2/c1-11-5-18-14(6-16(11)22)15(7-26)20(30(18)19-9-27-10-33-19)17-4-3-13(8-28-17)34(31,32)29-12(2)21(23,24)25/h3-6,8-10,12,29H,1-2H3. The molecule has 0 spiro atoms. The first-order valence-corrected chi connectivity index (χ1v) is 12.0. The summed E-state index contributed by atoms with van der Waals surface area (Å²) in [7, 11) is -4.51. The fourth-order valence-electron chi connectivity index (χ4n) is 3.36. The molecule has 0 saturated carbocycles. The van der Waals surface area contributed by atoms with E-state index in [0.29, 0.717) is 28.4 Å². The molecule has 0 aliphatic heterocycles. The van der Waals surface area contributed by atoms with Crippen molar-refractivity contribution in [1.82, 2.24) is 19.3 Å².